The second kappa shape index (κ2) is 6.76. The summed E-state index contributed by atoms with van der Waals surface area (Å²) in [6, 6.07) is -0.573. The summed E-state index contributed by atoms with van der Waals surface area (Å²) in [5.74, 6) is -2.21. The Kier molecular flexibility index (Phi) is 4.99. The molecule has 0 unspecified atom stereocenters. The maximum atomic E-state index is 12.6. The number of carboxylic acids is 1. The monoisotopic (exact) mass is 311 g/mol. The van der Waals surface area contributed by atoms with E-state index in [9.17, 15) is 19.2 Å². The smallest absolute Gasteiger partial charge is 0.325 e. The molecule has 2 rings (SSSR count). The van der Waals surface area contributed by atoms with Gasteiger partial charge in [0.25, 0.3) is 5.91 Å². The second-order valence-corrected chi connectivity index (χ2v) is 5.84. The number of carboxylic acid groups (broad SMARTS) is 1. The first-order valence-electron chi connectivity index (χ1n) is 7.57. The van der Waals surface area contributed by atoms with Gasteiger partial charge in [0.2, 0.25) is 5.91 Å². The van der Waals surface area contributed by atoms with Gasteiger partial charge in [0.05, 0.1) is 0 Å². The van der Waals surface area contributed by atoms with E-state index in [0.29, 0.717) is 12.8 Å². The summed E-state index contributed by atoms with van der Waals surface area (Å²) in [7, 11) is 0. The van der Waals surface area contributed by atoms with E-state index in [0.717, 1.165) is 37.0 Å². The number of imide groups is 1. The molecular weight excluding hydrogens is 290 g/mol. The molecule has 2 aliphatic rings. The molecule has 1 heterocycles. The Bertz CT molecular complexity index is 483. The summed E-state index contributed by atoms with van der Waals surface area (Å²) in [6.07, 6.45) is 6.11. The highest BCUT2D eigenvalue weighted by atomic mass is 16.4. The molecule has 8 heteroatoms. The van der Waals surface area contributed by atoms with Crippen molar-refractivity contribution >= 4 is 23.8 Å². The SMILES string of the molecule is O=C(O)CNC(=O)CN1C(=O)NC2(CCCCCCC2)C1=O. The lowest BCUT2D eigenvalue weighted by molar-refractivity contribution is -0.138. The van der Waals surface area contributed by atoms with Gasteiger partial charge in [0, 0.05) is 0 Å². The average molecular weight is 311 g/mol. The highest BCUT2D eigenvalue weighted by Crippen LogP contribution is 2.31. The van der Waals surface area contributed by atoms with Gasteiger partial charge in [0.1, 0.15) is 18.6 Å². The molecule has 1 aliphatic heterocycles. The Morgan fingerprint density at radius 2 is 1.73 bits per heavy atom. The van der Waals surface area contributed by atoms with Crippen LogP contribution in [0.2, 0.25) is 0 Å². The van der Waals surface area contributed by atoms with E-state index in [-0.39, 0.29) is 5.91 Å². The third kappa shape index (κ3) is 3.55. The van der Waals surface area contributed by atoms with Gasteiger partial charge < -0.3 is 15.7 Å². The Morgan fingerprint density at radius 1 is 1.14 bits per heavy atom. The predicted octanol–water partition coefficient (Wildman–Crippen LogP) is 0.222. The first kappa shape index (κ1) is 16.3. The zero-order chi connectivity index (χ0) is 16.2. The molecule has 0 bridgehead atoms. The number of rotatable bonds is 4. The van der Waals surface area contributed by atoms with Crippen LogP contribution in [0.3, 0.4) is 0 Å². The van der Waals surface area contributed by atoms with Crippen LogP contribution in [0.1, 0.15) is 44.9 Å². The molecule has 1 aliphatic carbocycles. The zero-order valence-corrected chi connectivity index (χ0v) is 12.4. The van der Waals surface area contributed by atoms with Crippen LogP contribution in [0.25, 0.3) is 0 Å². The number of urea groups is 1. The van der Waals surface area contributed by atoms with E-state index in [1.54, 1.807) is 0 Å². The Balaban J connectivity index is 2.01. The number of hydrogen-bond donors (Lipinski definition) is 3. The van der Waals surface area contributed by atoms with E-state index >= 15 is 0 Å². The Labute approximate surface area is 128 Å². The lowest BCUT2D eigenvalue weighted by atomic mass is 9.84. The number of nitrogens with zero attached hydrogens (tertiary/aromatic N) is 1. The molecule has 3 N–H and O–H groups in total. The third-order valence-electron chi connectivity index (χ3n) is 4.19. The zero-order valence-electron chi connectivity index (χ0n) is 12.4. The highest BCUT2D eigenvalue weighted by molar-refractivity contribution is 6.09. The average Bonchev–Trinajstić information content (AvgIpc) is 2.66. The lowest BCUT2D eigenvalue weighted by Crippen LogP contribution is -2.48. The number of aliphatic carboxylic acids is 1. The molecule has 1 saturated carbocycles. The van der Waals surface area contributed by atoms with Crippen LogP contribution in [0.4, 0.5) is 4.79 Å². The van der Waals surface area contributed by atoms with E-state index in [2.05, 4.69) is 10.6 Å². The van der Waals surface area contributed by atoms with Gasteiger partial charge in [-0.15, -0.1) is 0 Å². The van der Waals surface area contributed by atoms with Crippen molar-refractivity contribution in [3.8, 4) is 0 Å². The van der Waals surface area contributed by atoms with Crippen molar-refractivity contribution in [1.82, 2.24) is 15.5 Å². The third-order valence-corrected chi connectivity index (χ3v) is 4.19. The molecule has 0 aromatic rings. The molecule has 0 aromatic carbocycles. The minimum atomic E-state index is -1.18. The fourth-order valence-corrected chi connectivity index (χ4v) is 3.04. The standard InChI is InChI=1S/C14H21N3O5/c18-10(15-8-11(19)20)9-17-12(21)14(16-13(17)22)6-4-2-1-3-5-7-14/h1-9H2,(H,15,18)(H,16,22)(H,19,20). The molecule has 0 radical (unpaired) electrons. The summed E-state index contributed by atoms with van der Waals surface area (Å²) in [6.45, 7) is -0.979. The molecule has 122 valence electrons. The molecule has 4 amide bonds. The number of carbonyl (C=O) groups is 4. The van der Waals surface area contributed by atoms with Gasteiger partial charge >= 0.3 is 12.0 Å². The van der Waals surface area contributed by atoms with E-state index in [1.165, 1.54) is 0 Å². The van der Waals surface area contributed by atoms with Crippen LogP contribution in [0, 0.1) is 0 Å². The predicted molar refractivity (Wildman–Crippen MR) is 75.9 cm³/mol. The van der Waals surface area contributed by atoms with Crippen LogP contribution in [0.15, 0.2) is 0 Å². The van der Waals surface area contributed by atoms with Crippen molar-refractivity contribution in [3.05, 3.63) is 0 Å². The van der Waals surface area contributed by atoms with E-state index in [1.807, 2.05) is 0 Å². The molecule has 1 spiro atoms. The maximum Gasteiger partial charge on any atom is 0.325 e. The fourth-order valence-electron chi connectivity index (χ4n) is 3.04. The van der Waals surface area contributed by atoms with Gasteiger partial charge in [-0.3, -0.25) is 19.3 Å². The minimum absolute atomic E-state index is 0.370. The van der Waals surface area contributed by atoms with Crippen molar-refractivity contribution in [3.63, 3.8) is 0 Å². The van der Waals surface area contributed by atoms with E-state index < -0.39 is 36.5 Å². The summed E-state index contributed by atoms with van der Waals surface area (Å²) < 4.78 is 0. The normalized spacial score (nSPS) is 21.2. The molecule has 8 nitrogen and oxygen atoms in total. The Hall–Kier alpha value is -2.12. The van der Waals surface area contributed by atoms with Gasteiger partial charge in [-0.05, 0) is 12.8 Å². The molecule has 1 saturated heterocycles. The highest BCUT2D eigenvalue weighted by Gasteiger charge is 2.50. The van der Waals surface area contributed by atoms with Crippen molar-refractivity contribution in [1.29, 1.82) is 0 Å². The van der Waals surface area contributed by atoms with Gasteiger partial charge in [-0.1, -0.05) is 32.1 Å². The van der Waals surface area contributed by atoms with Gasteiger partial charge in [-0.25, -0.2) is 4.79 Å². The molecular formula is C14H21N3O5. The summed E-state index contributed by atoms with van der Waals surface area (Å²) in [5, 5.41) is 13.4. The number of amides is 4. The van der Waals surface area contributed by atoms with Crippen LogP contribution in [-0.4, -0.2) is 52.4 Å². The van der Waals surface area contributed by atoms with Crippen LogP contribution >= 0.6 is 0 Å². The summed E-state index contributed by atoms with van der Waals surface area (Å²) in [5.41, 5.74) is -0.884. The van der Waals surface area contributed by atoms with E-state index in [4.69, 9.17) is 5.11 Å². The maximum absolute atomic E-state index is 12.6. The van der Waals surface area contributed by atoms with Crippen molar-refractivity contribution in [2.75, 3.05) is 13.1 Å². The van der Waals surface area contributed by atoms with Gasteiger partial charge in [-0.2, -0.15) is 0 Å². The minimum Gasteiger partial charge on any atom is -0.480 e. The number of hydrogen-bond acceptors (Lipinski definition) is 4. The van der Waals surface area contributed by atoms with Gasteiger partial charge in [0.15, 0.2) is 0 Å². The number of carbonyl (C=O) groups excluding carboxylic acids is 3. The topological polar surface area (TPSA) is 116 Å². The van der Waals surface area contributed by atoms with Crippen LogP contribution in [0.5, 0.6) is 0 Å². The molecule has 22 heavy (non-hydrogen) atoms. The quantitative estimate of drug-likeness (QED) is 0.642. The first-order chi connectivity index (χ1) is 10.4. The van der Waals surface area contributed by atoms with Crippen LogP contribution in [-0.2, 0) is 14.4 Å². The summed E-state index contributed by atoms with van der Waals surface area (Å²) >= 11 is 0. The fraction of sp³-hybridized carbons (Fsp3) is 0.714. The molecule has 0 atom stereocenters. The van der Waals surface area contributed by atoms with Crippen LogP contribution < -0.4 is 10.6 Å². The Morgan fingerprint density at radius 3 is 2.32 bits per heavy atom. The number of nitrogens with one attached hydrogen (secondary N) is 2. The van der Waals surface area contributed by atoms with Crippen molar-refractivity contribution < 1.29 is 24.3 Å². The first-order valence-corrected chi connectivity index (χ1v) is 7.57. The molecule has 0 aromatic heterocycles. The summed E-state index contributed by atoms with van der Waals surface area (Å²) in [4.78, 5) is 47.5. The molecule has 2 fully saturated rings. The lowest BCUT2D eigenvalue weighted by Gasteiger charge is -2.28. The van der Waals surface area contributed by atoms with Crippen molar-refractivity contribution in [2.45, 2.75) is 50.5 Å². The second-order valence-electron chi connectivity index (χ2n) is 5.84. The largest absolute Gasteiger partial charge is 0.480 e. The van der Waals surface area contributed by atoms with Crippen molar-refractivity contribution in [2.24, 2.45) is 0 Å².